The van der Waals surface area contributed by atoms with Crippen molar-refractivity contribution in [3.63, 3.8) is 0 Å². The Hall–Kier alpha value is -0.803. The highest BCUT2D eigenvalue weighted by Gasteiger charge is 2.20. The molecule has 0 heterocycles. The fraction of sp³-hybridized carbons (Fsp3) is 0.647. The van der Waals surface area contributed by atoms with Gasteiger partial charge in [0.25, 0.3) is 0 Å². The summed E-state index contributed by atoms with van der Waals surface area (Å²) in [6.07, 6.45) is 2.38. The third-order valence-corrected chi connectivity index (χ3v) is 5.25. The summed E-state index contributed by atoms with van der Waals surface area (Å²) in [5.41, 5.74) is 1.42. The minimum absolute atomic E-state index is 0.751. The van der Waals surface area contributed by atoms with E-state index in [1.54, 1.807) is 7.11 Å². The Morgan fingerprint density at radius 2 is 1.80 bits per heavy atom. The van der Waals surface area contributed by atoms with Crippen LogP contribution in [0.5, 0.6) is 5.75 Å². The van der Waals surface area contributed by atoms with Gasteiger partial charge in [0, 0.05) is 8.07 Å². The molecule has 0 aliphatic heterocycles. The SMILES string of the molecule is CCCNCC(Cc1ccc(OC)cc1)C[Si](C)(C)C. The highest BCUT2D eigenvalue weighted by molar-refractivity contribution is 6.76. The van der Waals surface area contributed by atoms with Crippen LogP contribution in [0.4, 0.5) is 0 Å². The Balaban J connectivity index is 2.61. The van der Waals surface area contributed by atoms with Crippen LogP contribution in [0.2, 0.25) is 25.7 Å². The number of hydrogen-bond acceptors (Lipinski definition) is 2. The predicted molar refractivity (Wildman–Crippen MR) is 91.5 cm³/mol. The van der Waals surface area contributed by atoms with Crippen molar-refractivity contribution >= 4 is 8.07 Å². The van der Waals surface area contributed by atoms with Gasteiger partial charge in [0.15, 0.2) is 0 Å². The van der Waals surface area contributed by atoms with Crippen LogP contribution in [-0.2, 0) is 6.42 Å². The number of ether oxygens (including phenoxy) is 1. The Labute approximate surface area is 125 Å². The van der Waals surface area contributed by atoms with E-state index in [1.165, 1.54) is 24.4 Å². The van der Waals surface area contributed by atoms with Gasteiger partial charge in [0.05, 0.1) is 7.11 Å². The first-order chi connectivity index (χ1) is 9.44. The van der Waals surface area contributed by atoms with Crippen molar-refractivity contribution in [1.82, 2.24) is 5.32 Å². The zero-order valence-electron chi connectivity index (χ0n) is 13.8. The Bertz CT molecular complexity index is 370. The number of benzene rings is 1. The highest BCUT2D eigenvalue weighted by atomic mass is 28.3. The van der Waals surface area contributed by atoms with Gasteiger partial charge in [-0.1, -0.05) is 44.7 Å². The second-order valence-corrected chi connectivity index (χ2v) is 12.4. The molecule has 1 unspecified atom stereocenters. The second-order valence-electron chi connectivity index (χ2n) is 6.89. The third-order valence-electron chi connectivity index (χ3n) is 3.44. The Kier molecular flexibility index (Phi) is 7.31. The average molecular weight is 294 g/mol. The van der Waals surface area contributed by atoms with E-state index in [-0.39, 0.29) is 0 Å². The van der Waals surface area contributed by atoms with Gasteiger partial charge in [-0.05, 0) is 49.5 Å². The highest BCUT2D eigenvalue weighted by Crippen LogP contribution is 2.22. The first kappa shape index (κ1) is 17.2. The molecule has 0 spiro atoms. The summed E-state index contributed by atoms with van der Waals surface area (Å²) in [6, 6.07) is 9.93. The molecule has 0 aliphatic rings. The van der Waals surface area contributed by atoms with Gasteiger partial charge in [-0.3, -0.25) is 0 Å². The molecule has 0 radical (unpaired) electrons. The van der Waals surface area contributed by atoms with Crippen molar-refractivity contribution < 1.29 is 4.74 Å². The fourth-order valence-electron chi connectivity index (χ4n) is 2.66. The molecule has 20 heavy (non-hydrogen) atoms. The molecule has 0 saturated heterocycles. The van der Waals surface area contributed by atoms with Crippen LogP contribution in [0, 0.1) is 5.92 Å². The summed E-state index contributed by atoms with van der Waals surface area (Å²) in [6.45, 7) is 11.9. The minimum atomic E-state index is -1.02. The minimum Gasteiger partial charge on any atom is -0.497 e. The van der Waals surface area contributed by atoms with Crippen molar-refractivity contribution in [1.29, 1.82) is 0 Å². The molecule has 114 valence electrons. The number of methoxy groups -OCH3 is 1. The van der Waals surface area contributed by atoms with Crippen LogP contribution in [0.1, 0.15) is 18.9 Å². The van der Waals surface area contributed by atoms with Gasteiger partial charge >= 0.3 is 0 Å². The van der Waals surface area contributed by atoms with Gasteiger partial charge in [0.2, 0.25) is 0 Å². The maximum Gasteiger partial charge on any atom is 0.118 e. The maximum absolute atomic E-state index is 5.23. The van der Waals surface area contributed by atoms with Crippen LogP contribution >= 0.6 is 0 Å². The molecule has 0 aromatic heterocycles. The maximum atomic E-state index is 5.23. The molecular weight excluding hydrogens is 262 g/mol. The lowest BCUT2D eigenvalue weighted by atomic mass is 10.0. The molecular formula is C17H31NOSi. The lowest BCUT2D eigenvalue weighted by Gasteiger charge is -2.25. The molecule has 1 aromatic rings. The van der Waals surface area contributed by atoms with E-state index < -0.39 is 8.07 Å². The molecule has 1 aromatic carbocycles. The summed E-state index contributed by atoms with van der Waals surface area (Å²) in [5, 5.41) is 3.60. The third kappa shape index (κ3) is 7.11. The molecule has 0 amide bonds. The van der Waals surface area contributed by atoms with Gasteiger partial charge in [-0.25, -0.2) is 0 Å². The molecule has 3 heteroatoms. The quantitative estimate of drug-likeness (QED) is 0.544. The van der Waals surface area contributed by atoms with E-state index >= 15 is 0 Å². The van der Waals surface area contributed by atoms with Crippen molar-refractivity contribution in [2.24, 2.45) is 5.92 Å². The molecule has 1 atom stereocenters. The first-order valence-electron chi connectivity index (χ1n) is 7.78. The number of nitrogens with one attached hydrogen (secondary N) is 1. The summed E-state index contributed by atoms with van der Waals surface area (Å²) < 4.78 is 5.23. The summed E-state index contributed by atoms with van der Waals surface area (Å²) >= 11 is 0. The van der Waals surface area contributed by atoms with Gasteiger partial charge < -0.3 is 10.1 Å². The van der Waals surface area contributed by atoms with E-state index in [0.29, 0.717) is 0 Å². The van der Waals surface area contributed by atoms with Crippen LogP contribution < -0.4 is 10.1 Å². The van der Waals surface area contributed by atoms with E-state index in [9.17, 15) is 0 Å². The zero-order valence-corrected chi connectivity index (χ0v) is 14.8. The number of rotatable bonds is 9. The van der Waals surface area contributed by atoms with Crippen molar-refractivity contribution in [2.45, 2.75) is 45.5 Å². The summed E-state index contributed by atoms with van der Waals surface area (Å²) in [4.78, 5) is 0. The smallest absolute Gasteiger partial charge is 0.118 e. The first-order valence-corrected chi connectivity index (χ1v) is 11.5. The van der Waals surface area contributed by atoms with E-state index in [4.69, 9.17) is 4.74 Å². The molecule has 2 nitrogen and oxygen atoms in total. The van der Waals surface area contributed by atoms with Crippen LogP contribution in [0.25, 0.3) is 0 Å². The molecule has 1 N–H and O–H groups in total. The van der Waals surface area contributed by atoms with Gasteiger partial charge in [0.1, 0.15) is 5.75 Å². The van der Waals surface area contributed by atoms with Crippen LogP contribution in [0.15, 0.2) is 24.3 Å². The summed E-state index contributed by atoms with van der Waals surface area (Å²) in [7, 11) is 0.703. The fourth-order valence-corrected chi connectivity index (χ4v) is 4.68. The molecule has 0 saturated carbocycles. The van der Waals surface area contributed by atoms with Crippen molar-refractivity contribution in [3.05, 3.63) is 29.8 Å². The number of hydrogen-bond donors (Lipinski definition) is 1. The lowest BCUT2D eigenvalue weighted by Crippen LogP contribution is -2.32. The lowest BCUT2D eigenvalue weighted by molar-refractivity contribution is 0.414. The standard InChI is InChI=1S/C17H31NOSi/c1-6-11-18-13-16(14-20(3,4)5)12-15-7-9-17(19-2)10-8-15/h7-10,16,18H,6,11-14H2,1-5H3. The van der Waals surface area contributed by atoms with Crippen molar-refractivity contribution in [2.75, 3.05) is 20.2 Å². The topological polar surface area (TPSA) is 21.3 Å². The Morgan fingerprint density at radius 3 is 2.30 bits per heavy atom. The van der Waals surface area contributed by atoms with E-state index in [0.717, 1.165) is 24.8 Å². The predicted octanol–water partition coefficient (Wildman–Crippen LogP) is 4.19. The second kappa shape index (κ2) is 8.48. The normalized spacial score (nSPS) is 13.2. The van der Waals surface area contributed by atoms with Crippen LogP contribution in [-0.4, -0.2) is 28.3 Å². The van der Waals surface area contributed by atoms with Crippen LogP contribution in [0.3, 0.4) is 0 Å². The Morgan fingerprint density at radius 1 is 1.15 bits per heavy atom. The molecule has 0 fully saturated rings. The summed E-state index contributed by atoms with van der Waals surface area (Å²) in [5.74, 6) is 1.70. The van der Waals surface area contributed by atoms with Crippen molar-refractivity contribution in [3.8, 4) is 5.75 Å². The average Bonchev–Trinajstić information content (AvgIpc) is 2.38. The monoisotopic (exact) mass is 293 g/mol. The molecule has 0 bridgehead atoms. The van der Waals surface area contributed by atoms with Gasteiger partial charge in [-0.2, -0.15) is 0 Å². The van der Waals surface area contributed by atoms with Gasteiger partial charge in [-0.15, -0.1) is 0 Å². The van der Waals surface area contributed by atoms with E-state index in [1.807, 2.05) is 0 Å². The largest absolute Gasteiger partial charge is 0.497 e. The molecule has 1 rings (SSSR count). The zero-order chi connectivity index (χ0) is 15.0. The van der Waals surface area contributed by atoms with E-state index in [2.05, 4.69) is 56.1 Å². The molecule has 0 aliphatic carbocycles.